The summed E-state index contributed by atoms with van der Waals surface area (Å²) < 4.78 is 4.74. The van der Waals surface area contributed by atoms with Crippen molar-refractivity contribution < 1.29 is 45.3 Å². The number of esters is 2. The average Bonchev–Trinajstić information content (AvgIpc) is 2.43. The standard InChI is InChI=1S/C15H29NO3S.Na.H/c1-3-4-5-6-7-8-9-10-14(17)19-15(18)13(16)11-12-20-2;;/h13H,3-12,16H2,1-2H3;;/q;+1;-1. The van der Waals surface area contributed by atoms with Crippen LogP contribution in [0.5, 0.6) is 0 Å². The number of thioether (sulfide) groups is 1. The second-order valence-corrected chi connectivity index (χ2v) is 6.04. The SMILES string of the molecule is CCCCCCCCCC(=O)OC(=O)C(N)CCSC.[H-].[Na+]. The molecule has 1 unspecified atom stereocenters. The number of rotatable bonds is 12. The quantitative estimate of drug-likeness (QED) is 0.243. The van der Waals surface area contributed by atoms with Crippen LogP contribution in [0.1, 0.15) is 66.1 Å². The van der Waals surface area contributed by atoms with Crippen LogP contribution in [0.4, 0.5) is 0 Å². The molecule has 0 spiro atoms. The summed E-state index contributed by atoms with van der Waals surface area (Å²) in [6.45, 7) is 2.19. The fraction of sp³-hybridized carbons (Fsp3) is 0.867. The minimum absolute atomic E-state index is 0. The number of hydrogen-bond acceptors (Lipinski definition) is 5. The van der Waals surface area contributed by atoms with Gasteiger partial charge < -0.3 is 11.9 Å². The summed E-state index contributed by atoms with van der Waals surface area (Å²) >= 11 is 1.62. The van der Waals surface area contributed by atoms with Crippen LogP contribution < -0.4 is 35.3 Å². The Morgan fingerprint density at radius 3 is 2.29 bits per heavy atom. The van der Waals surface area contributed by atoms with Gasteiger partial charge in [-0.1, -0.05) is 45.4 Å². The van der Waals surface area contributed by atoms with Crippen LogP contribution in [0.15, 0.2) is 0 Å². The number of ether oxygens (including phenoxy) is 1. The van der Waals surface area contributed by atoms with E-state index < -0.39 is 18.0 Å². The van der Waals surface area contributed by atoms with Crippen LogP contribution in [0.3, 0.4) is 0 Å². The Hall–Kier alpha value is 0.450. The van der Waals surface area contributed by atoms with Gasteiger partial charge in [-0.2, -0.15) is 11.8 Å². The zero-order chi connectivity index (χ0) is 15.2. The number of hydrogen-bond donors (Lipinski definition) is 1. The van der Waals surface area contributed by atoms with Gasteiger partial charge in [0.1, 0.15) is 6.04 Å². The Kier molecular flexibility index (Phi) is 19.0. The first-order valence-corrected chi connectivity index (χ1v) is 9.00. The first-order chi connectivity index (χ1) is 9.61. The second-order valence-electron chi connectivity index (χ2n) is 5.05. The molecule has 120 valence electrons. The van der Waals surface area contributed by atoms with Crippen LogP contribution in [0.25, 0.3) is 0 Å². The Morgan fingerprint density at radius 2 is 1.71 bits per heavy atom. The molecule has 1 atom stereocenters. The summed E-state index contributed by atoms with van der Waals surface area (Å²) in [7, 11) is 0. The molecule has 0 aromatic carbocycles. The molecular weight excluding hydrogens is 297 g/mol. The van der Waals surface area contributed by atoms with Crippen LogP contribution in [0.2, 0.25) is 0 Å². The van der Waals surface area contributed by atoms with E-state index in [9.17, 15) is 9.59 Å². The summed E-state index contributed by atoms with van der Waals surface area (Å²) in [5, 5.41) is 0. The molecule has 0 fully saturated rings. The summed E-state index contributed by atoms with van der Waals surface area (Å²) in [6, 6.07) is -0.680. The summed E-state index contributed by atoms with van der Waals surface area (Å²) in [4.78, 5) is 23.0. The fourth-order valence-electron chi connectivity index (χ4n) is 1.83. The number of carbonyl (C=O) groups is 2. The fourth-order valence-corrected chi connectivity index (χ4v) is 2.32. The number of nitrogens with two attached hydrogens (primary N) is 1. The van der Waals surface area contributed by atoms with E-state index in [1.54, 1.807) is 11.8 Å². The monoisotopic (exact) mass is 327 g/mol. The van der Waals surface area contributed by atoms with E-state index in [2.05, 4.69) is 6.92 Å². The largest absolute Gasteiger partial charge is 1.00 e. The third-order valence-corrected chi connectivity index (χ3v) is 3.78. The molecule has 0 saturated heterocycles. The number of unbranched alkanes of at least 4 members (excludes halogenated alkanes) is 6. The molecule has 0 amide bonds. The summed E-state index contributed by atoms with van der Waals surface area (Å²) in [5.41, 5.74) is 5.63. The van der Waals surface area contributed by atoms with Gasteiger partial charge in [-0.15, -0.1) is 0 Å². The van der Waals surface area contributed by atoms with Crippen molar-refractivity contribution in [3.8, 4) is 0 Å². The van der Waals surface area contributed by atoms with Crippen LogP contribution in [-0.2, 0) is 14.3 Å². The Balaban J connectivity index is -0.00000180. The van der Waals surface area contributed by atoms with Gasteiger partial charge in [0.25, 0.3) is 0 Å². The zero-order valence-corrected chi connectivity index (χ0v) is 16.7. The Bertz CT molecular complexity index is 284. The van der Waals surface area contributed by atoms with Crippen molar-refractivity contribution in [2.24, 2.45) is 5.73 Å². The van der Waals surface area contributed by atoms with E-state index in [4.69, 9.17) is 10.5 Å². The van der Waals surface area contributed by atoms with E-state index in [1.807, 2.05) is 6.26 Å². The van der Waals surface area contributed by atoms with Crippen molar-refractivity contribution in [1.82, 2.24) is 0 Å². The first kappa shape index (κ1) is 23.7. The maximum Gasteiger partial charge on any atom is 1.00 e. The molecule has 0 saturated carbocycles. The number of carbonyl (C=O) groups excluding carboxylic acids is 2. The third-order valence-electron chi connectivity index (χ3n) is 3.13. The molecular formula is C15H30NNaO3S. The van der Waals surface area contributed by atoms with Crippen molar-refractivity contribution >= 4 is 23.7 Å². The van der Waals surface area contributed by atoms with Gasteiger partial charge in [0.05, 0.1) is 0 Å². The Morgan fingerprint density at radius 1 is 1.14 bits per heavy atom. The molecule has 0 aliphatic heterocycles. The molecule has 0 radical (unpaired) electrons. The molecule has 0 aromatic rings. The van der Waals surface area contributed by atoms with Crippen molar-refractivity contribution in [2.45, 2.75) is 70.8 Å². The molecule has 2 N–H and O–H groups in total. The molecule has 0 aromatic heterocycles. The van der Waals surface area contributed by atoms with Gasteiger partial charge in [0.15, 0.2) is 0 Å². The van der Waals surface area contributed by atoms with Gasteiger partial charge >= 0.3 is 41.5 Å². The van der Waals surface area contributed by atoms with E-state index in [0.717, 1.165) is 25.0 Å². The zero-order valence-electron chi connectivity index (χ0n) is 14.9. The van der Waals surface area contributed by atoms with Gasteiger partial charge in [-0.05, 0) is 24.9 Å². The van der Waals surface area contributed by atoms with Crippen LogP contribution >= 0.6 is 11.8 Å². The van der Waals surface area contributed by atoms with Gasteiger partial charge in [0.2, 0.25) is 0 Å². The third kappa shape index (κ3) is 15.1. The smallest absolute Gasteiger partial charge is 1.00 e. The van der Waals surface area contributed by atoms with Gasteiger partial charge in [-0.25, -0.2) is 4.79 Å². The molecule has 6 heteroatoms. The van der Waals surface area contributed by atoms with E-state index in [-0.39, 0.29) is 31.0 Å². The van der Waals surface area contributed by atoms with Gasteiger partial charge in [-0.3, -0.25) is 4.79 Å². The molecule has 0 heterocycles. The van der Waals surface area contributed by atoms with Crippen LogP contribution in [0, 0.1) is 0 Å². The maximum absolute atomic E-state index is 11.5. The first-order valence-electron chi connectivity index (χ1n) is 7.60. The van der Waals surface area contributed by atoms with Crippen molar-refractivity contribution in [1.29, 1.82) is 0 Å². The molecule has 4 nitrogen and oxygen atoms in total. The minimum atomic E-state index is -0.680. The second kappa shape index (κ2) is 16.8. The minimum Gasteiger partial charge on any atom is -1.00 e. The van der Waals surface area contributed by atoms with Crippen molar-refractivity contribution in [2.75, 3.05) is 12.0 Å². The average molecular weight is 327 g/mol. The molecule has 0 bridgehead atoms. The maximum atomic E-state index is 11.5. The molecule has 0 aliphatic rings. The topological polar surface area (TPSA) is 69.4 Å². The van der Waals surface area contributed by atoms with Crippen molar-refractivity contribution in [3.63, 3.8) is 0 Å². The Labute approximate surface area is 157 Å². The van der Waals surface area contributed by atoms with Crippen LogP contribution in [-0.4, -0.2) is 30.0 Å². The van der Waals surface area contributed by atoms with E-state index in [1.165, 1.54) is 25.7 Å². The van der Waals surface area contributed by atoms with Crippen molar-refractivity contribution in [3.05, 3.63) is 0 Å². The van der Waals surface area contributed by atoms with Gasteiger partial charge in [0, 0.05) is 6.42 Å². The normalized spacial score (nSPS) is 11.6. The predicted octanol–water partition coefficient (Wildman–Crippen LogP) is 0.394. The summed E-state index contributed by atoms with van der Waals surface area (Å²) in [6.07, 6.45) is 10.8. The molecule has 0 rings (SSSR count). The van der Waals surface area contributed by atoms with E-state index in [0.29, 0.717) is 12.8 Å². The molecule has 21 heavy (non-hydrogen) atoms. The van der Waals surface area contributed by atoms with E-state index >= 15 is 0 Å². The predicted molar refractivity (Wildman–Crippen MR) is 85.8 cm³/mol. The molecule has 0 aliphatic carbocycles. The summed E-state index contributed by atoms with van der Waals surface area (Å²) in [5.74, 6) is -0.238.